The Balaban J connectivity index is 0.000000298. The van der Waals surface area contributed by atoms with Crippen LogP contribution >= 0.6 is 0 Å². The minimum absolute atomic E-state index is 0.0960. The number of aryl methyl sites for hydroxylation is 2. The molecule has 0 fully saturated rings. The summed E-state index contributed by atoms with van der Waals surface area (Å²) in [4.78, 5) is 49.2. The molecule has 0 spiro atoms. The van der Waals surface area contributed by atoms with Crippen LogP contribution in [0.4, 0.5) is 0 Å². The third-order valence-electron chi connectivity index (χ3n) is 6.33. The topological polar surface area (TPSA) is 187 Å². The zero-order chi connectivity index (χ0) is 33.1. The highest BCUT2D eigenvalue weighted by molar-refractivity contribution is 5.92. The first-order chi connectivity index (χ1) is 20.8. The molecule has 10 heteroatoms. The summed E-state index contributed by atoms with van der Waals surface area (Å²) < 4.78 is 0. The van der Waals surface area contributed by atoms with Crippen molar-refractivity contribution in [2.75, 3.05) is 0 Å². The Morgan fingerprint density at radius 1 is 0.591 bits per heavy atom. The fourth-order valence-corrected chi connectivity index (χ4v) is 4.06. The zero-order valence-corrected chi connectivity index (χ0v) is 25.4. The van der Waals surface area contributed by atoms with Gasteiger partial charge in [0.2, 0.25) is 11.8 Å². The van der Waals surface area contributed by atoms with Gasteiger partial charge in [0.1, 0.15) is 0 Å². The predicted molar refractivity (Wildman–Crippen MR) is 169 cm³/mol. The van der Waals surface area contributed by atoms with Gasteiger partial charge in [0.05, 0.1) is 12.8 Å². The Bertz CT molecular complexity index is 1370. The molecule has 4 aromatic rings. The van der Waals surface area contributed by atoms with Crippen LogP contribution in [-0.2, 0) is 9.59 Å². The number of pyridine rings is 2. The molecule has 0 aliphatic heterocycles. The third kappa shape index (κ3) is 14.5. The van der Waals surface area contributed by atoms with Crippen molar-refractivity contribution in [2.24, 2.45) is 11.5 Å². The van der Waals surface area contributed by atoms with Gasteiger partial charge in [-0.3, -0.25) is 29.1 Å². The molecule has 6 N–H and O–H groups in total. The summed E-state index contributed by atoms with van der Waals surface area (Å²) in [6, 6.07) is 22.1. The number of carbonyl (C=O) groups excluding carboxylic acids is 2. The van der Waals surface area contributed by atoms with Gasteiger partial charge in [0.15, 0.2) is 0 Å². The first kappa shape index (κ1) is 36.6. The summed E-state index contributed by atoms with van der Waals surface area (Å²) in [7, 11) is 0. The molecule has 2 aromatic carbocycles. The summed E-state index contributed by atoms with van der Waals surface area (Å²) in [6.45, 7) is 7.90. The highest BCUT2D eigenvalue weighted by Crippen LogP contribution is 2.22. The molecule has 10 nitrogen and oxygen atoms in total. The molecule has 0 aliphatic rings. The van der Waals surface area contributed by atoms with Crippen LogP contribution in [0.3, 0.4) is 0 Å². The van der Waals surface area contributed by atoms with E-state index in [1.165, 1.54) is 24.8 Å². The van der Waals surface area contributed by atoms with Gasteiger partial charge in [-0.05, 0) is 72.2 Å². The van der Waals surface area contributed by atoms with Gasteiger partial charge in [-0.2, -0.15) is 0 Å². The first-order valence-electron chi connectivity index (χ1n) is 13.8. The number of benzene rings is 2. The molecular weight excluding hydrogens is 560 g/mol. The first-order valence-corrected chi connectivity index (χ1v) is 13.8. The molecule has 44 heavy (non-hydrogen) atoms. The largest absolute Gasteiger partial charge is 0.481 e. The van der Waals surface area contributed by atoms with Crippen molar-refractivity contribution in [2.45, 2.75) is 52.4 Å². The van der Waals surface area contributed by atoms with E-state index in [1.54, 1.807) is 24.3 Å². The summed E-state index contributed by atoms with van der Waals surface area (Å²) in [5.74, 6) is -2.13. The molecule has 0 aliphatic carbocycles. The number of nitrogens with zero attached hydrogens (tertiary/aromatic N) is 2. The van der Waals surface area contributed by atoms with Gasteiger partial charge in [0.25, 0.3) is 0 Å². The average molecular weight is 601 g/mol. The van der Waals surface area contributed by atoms with E-state index in [0.29, 0.717) is 11.1 Å². The normalized spacial score (nSPS) is 11.0. The molecular formula is C34H40N4O6. The minimum Gasteiger partial charge on any atom is -0.481 e. The Kier molecular flexibility index (Phi) is 16.4. The van der Waals surface area contributed by atoms with E-state index >= 15 is 0 Å². The predicted octanol–water partition coefficient (Wildman–Crippen LogP) is 5.51. The molecule has 0 radical (unpaired) electrons. The van der Waals surface area contributed by atoms with Crippen LogP contribution in [0.15, 0.2) is 97.6 Å². The fourth-order valence-electron chi connectivity index (χ4n) is 4.06. The molecule has 0 saturated heterocycles. The van der Waals surface area contributed by atoms with Crippen LogP contribution in [0, 0.1) is 13.8 Å². The number of rotatable bonds is 8. The summed E-state index contributed by atoms with van der Waals surface area (Å²) >= 11 is 0. The number of hydrogen-bond acceptors (Lipinski definition) is 6. The van der Waals surface area contributed by atoms with Crippen molar-refractivity contribution in [1.82, 2.24) is 9.97 Å². The fraction of sp³-hybridized carbons (Fsp3) is 0.235. The van der Waals surface area contributed by atoms with Gasteiger partial charge in [0, 0.05) is 35.9 Å². The van der Waals surface area contributed by atoms with Crippen molar-refractivity contribution >= 4 is 23.8 Å². The van der Waals surface area contributed by atoms with Crippen LogP contribution in [0.1, 0.15) is 81.5 Å². The molecule has 4 rings (SSSR count). The van der Waals surface area contributed by atoms with E-state index in [9.17, 15) is 19.2 Å². The van der Waals surface area contributed by atoms with Crippen LogP contribution < -0.4 is 11.5 Å². The maximum Gasteiger partial charge on any atom is 0.303 e. The molecule has 0 saturated carbocycles. The highest BCUT2D eigenvalue weighted by atomic mass is 16.4. The standard InChI is InChI=1S/2C11H14O2.2C6H6N2O/c2*1-8-5-3-4-6-10(8)9(2)7-11(12)13;2*7-6(9)5-1-3-8-4-2-5/h2*3-6,9H,7H2,1-2H3,(H,12,13);2*1-4H,(H2,7,9)/t2*9-;;/m00../s1. The Morgan fingerprint density at radius 2 is 0.886 bits per heavy atom. The van der Waals surface area contributed by atoms with E-state index in [4.69, 9.17) is 21.7 Å². The second kappa shape index (κ2) is 19.7. The quantitative estimate of drug-likeness (QED) is 0.204. The van der Waals surface area contributed by atoms with E-state index in [-0.39, 0.29) is 24.7 Å². The second-order valence-electron chi connectivity index (χ2n) is 9.91. The Hall–Kier alpha value is -5.38. The molecule has 2 heterocycles. The molecule has 0 unspecified atom stereocenters. The number of hydrogen-bond donors (Lipinski definition) is 4. The lowest BCUT2D eigenvalue weighted by atomic mass is 9.94. The van der Waals surface area contributed by atoms with E-state index in [1.807, 2.05) is 76.2 Å². The van der Waals surface area contributed by atoms with Crippen LogP contribution in [0.2, 0.25) is 0 Å². The van der Waals surface area contributed by atoms with Gasteiger partial charge in [-0.25, -0.2) is 0 Å². The number of nitrogens with two attached hydrogens (primary N) is 2. The summed E-state index contributed by atoms with van der Waals surface area (Å²) in [5.41, 5.74) is 15.5. The van der Waals surface area contributed by atoms with E-state index < -0.39 is 23.8 Å². The van der Waals surface area contributed by atoms with Crippen molar-refractivity contribution < 1.29 is 29.4 Å². The van der Waals surface area contributed by atoms with E-state index in [2.05, 4.69) is 9.97 Å². The number of amides is 2. The number of aromatic nitrogens is 2. The lowest BCUT2D eigenvalue weighted by molar-refractivity contribution is -0.138. The number of primary amides is 2. The third-order valence-corrected chi connectivity index (χ3v) is 6.33. The minimum atomic E-state index is -0.740. The maximum atomic E-state index is 10.5. The average Bonchev–Trinajstić information content (AvgIpc) is 2.99. The number of aliphatic carboxylic acids is 2. The second-order valence-corrected chi connectivity index (χ2v) is 9.91. The van der Waals surface area contributed by atoms with Gasteiger partial charge < -0.3 is 21.7 Å². The van der Waals surface area contributed by atoms with E-state index in [0.717, 1.165) is 22.3 Å². The smallest absolute Gasteiger partial charge is 0.303 e. The van der Waals surface area contributed by atoms with Crippen molar-refractivity contribution in [1.29, 1.82) is 0 Å². The Morgan fingerprint density at radius 3 is 1.11 bits per heavy atom. The van der Waals surface area contributed by atoms with Crippen molar-refractivity contribution in [3.8, 4) is 0 Å². The maximum absolute atomic E-state index is 10.5. The van der Waals surface area contributed by atoms with Crippen molar-refractivity contribution in [3.63, 3.8) is 0 Å². The van der Waals surface area contributed by atoms with Crippen molar-refractivity contribution in [3.05, 3.63) is 131 Å². The van der Waals surface area contributed by atoms with Gasteiger partial charge >= 0.3 is 11.9 Å². The lowest BCUT2D eigenvalue weighted by Gasteiger charge is -2.11. The highest BCUT2D eigenvalue weighted by Gasteiger charge is 2.12. The molecule has 232 valence electrons. The monoisotopic (exact) mass is 600 g/mol. The molecule has 2 atom stereocenters. The number of carbonyl (C=O) groups is 4. The Labute approximate surface area is 257 Å². The van der Waals surface area contributed by atoms with Crippen LogP contribution in [0.5, 0.6) is 0 Å². The lowest BCUT2D eigenvalue weighted by Crippen LogP contribution is -2.10. The molecule has 2 amide bonds. The molecule has 2 aromatic heterocycles. The van der Waals surface area contributed by atoms with Gasteiger partial charge in [-0.1, -0.05) is 62.4 Å². The number of carboxylic acids is 2. The zero-order valence-electron chi connectivity index (χ0n) is 25.4. The van der Waals surface area contributed by atoms with Gasteiger partial charge in [-0.15, -0.1) is 0 Å². The summed E-state index contributed by atoms with van der Waals surface area (Å²) in [5, 5.41) is 17.3. The number of carboxylic acid groups (broad SMARTS) is 2. The summed E-state index contributed by atoms with van der Waals surface area (Å²) in [6.07, 6.45) is 6.51. The molecule has 0 bridgehead atoms. The van der Waals surface area contributed by atoms with Crippen LogP contribution in [-0.4, -0.2) is 43.9 Å². The SMILES string of the molecule is Cc1ccccc1[C@@H](C)CC(=O)O.Cc1ccccc1[C@@H](C)CC(=O)O.NC(=O)c1ccncc1.NC(=O)c1ccncc1. The van der Waals surface area contributed by atoms with Crippen LogP contribution in [0.25, 0.3) is 0 Å².